The molecule has 1 aromatic heterocycles. The van der Waals surface area contributed by atoms with Gasteiger partial charge in [0.25, 0.3) is 0 Å². The van der Waals surface area contributed by atoms with Crippen LogP contribution < -0.4 is 14.8 Å². The molecule has 1 atom stereocenters. The normalized spacial score (nSPS) is 15.9. The van der Waals surface area contributed by atoms with Crippen molar-refractivity contribution >= 4 is 11.7 Å². The SMILES string of the molecule is COc1ccc([C@@H]2CC(=O)Nc3c2ncn3-c2ccccc2)cc1OC(C)C. The fourth-order valence-electron chi connectivity index (χ4n) is 3.52. The van der Waals surface area contributed by atoms with Crippen molar-refractivity contribution in [1.29, 1.82) is 0 Å². The minimum absolute atomic E-state index is 0.0201. The van der Waals surface area contributed by atoms with Gasteiger partial charge in [0.15, 0.2) is 11.5 Å². The predicted molar refractivity (Wildman–Crippen MR) is 107 cm³/mol. The van der Waals surface area contributed by atoms with E-state index in [0.717, 1.165) is 22.8 Å². The molecule has 0 bridgehead atoms. The van der Waals surface area contributed by atoms with Crippen LogP contribution in [-0.4, -0.2) is 28.7 Å². The van der Waals surface area contributed by atoms with Crippen LogP contribution in [0.1, 0.15) is 37.4 Å². The third-order valence-corrected chi connectivity index (χ3v) is 4.76. The highest BCUT2D eigenvalue weighted by atomic mass is 16.5. The summed E-state index contributed by atoms with van der Waals surface area (Å²) in [6.45, 7) is 3.94. The summed E-state index contributed by atoms with van der Waals surface area (Å²) in [6.07, 6.45) is 2.12. The van der Waals surface area contributed by atoms with Crippen molar-refractivity contribution in [2.75, 3.05) is 12.4 Å². The van der Waals surface area contributed by atoms with Crippen LogP contribution in [0.3, 0.4) is 0 Å². The number of carbonyl (C=O) groups is 1. The fraction of sp³-hybridized carbons (Fsp3) is 0.273. The molecule has 1 aliphatic heterocycles. The molecule has 6 nitrogen and oxygen atoms in total. The van der Waals surface area contributed by atoms with Crippen LogP contribution in [0.15, 0.2) is 54.9 Å². The lowest BCUT2D eigenvalue weighted by Crippen LogP contribution is -2.25. The van der Waals surface area contributed by atoms with Crippen molar-refractivity contribution < 1.29 is 14.3 Å². The van der Waals surface area contributed by atoms with Crippen molar-refractivity contribution in [3.05, 3.63) is 66.1 Å². The van der Waals surface area contributed by atoms with Crippen LogP contribution in [0.4, 0.5) is 5.82 Å². The highest BCUT2D eigenvalue weighted by Gasteiger charge is 2.31. The number of hydrogen-bond acceptors (Lipinski definition) is 4. The number of fused-ring (bicyclic) bond motifs is 1. The van der Waals surface area contributed by atoms with E-state index in [1.807, 2.05) is 66.9 Å². The minimum Gasteiger partial charge on any atom is -0.493 e. The average molecular weight is 377 g/mol. The molecule has 0 radical (unpaired) electrons. The molecule has 1 N–H and O–H groups in total. The third-order valence-electron chi connectivity index (χ3n) is 4.76. The fourth-order valence-corrected chi connectivity index (χ4v) is 3.52. The smallest absolute Gasteiger partial charge is 0.226 e. The van der Waals surface area contributed by atoms with E-state index < -0.39 is 0 Å². The van der Waals surface area contributed by atoms with E-state index in [9.17, 15) is 4.79 Å². The van der Waals surface area contributed by atoms with E-state index in [2.05, 4.69) is 10.3 Å². The lowest BCUT2D eigenvalue weighted by Gasteiger charge is -2.24. The summed E-state index contributed by atoms with van der Waals surface area (Å²) in [5.74, 6) is 1.89. The van der Waals surface area contributed by atoms with Crippen molar-refractivity contribution in [2.24, 2.45) is 0 Å². The lowest BCUT2D eigenvalue weighted by molar-refractivity contribution is -0.116. The van der Waals surface area contributed by atoms with Gasteiger partial charge in [-0.2, -0.15) is 0 Å². The summed E-state index contributed by atoms with van der Waals surface area (Å²) in [6, 6.07) is 15.7. The monoisotopic (exact) mass is 377 g/mol. The molecule has 1 amide bonds. The summed E-state index contributed by atoms with van der Waals surface area (Å²) in [7, 11) is 1.62. The molecule has 0 saturated carbocycles. The Labute approximate surface area is 164 Å². The van der Waals surface area contributed by atoms with Crippen molar-refractivity contribution in [3.8, 4) is 17.2 Å². The largest absolute Gasteiger partial charge is 0.493 e. The van der Waals surface area contributed by atoms with E-state index in [4.69, 9.17) is 9.47 Å². The van der Waals surface area contributed by atoms with Gasteiger partial charge in [-0.05, 0) is 43.7 Å². The molecule has 2 aromatic carbocycles. The number of nitrogens with one attached hydrogen (secondary N) is 1. The van der Waals surface area contributed by atoms with Crippen LogP contribution in [0.2, 0.25) is 0 Å². The van der Waals surface area contributed by atoms with Gasteiger partial charge in [-0.3, -0.25) is 9.36 Å². The van der Waals surface area contributed by atoms with E-state index in [1.54, 1.807) is 13.4 Å². The van der Waals surface area contributed by atoms with Gasteiger partial charge in [0.1, 0.15) is 12.1 Å². The number of ether oxygens (including phenoxy) is 2. The maximum atomic E-state index is 12.5. The predicted octanol–water partition coefficient (Wildman–Crippen LogP) is 4.14. The average Bonchev–Trinajstić information content (AvgIpc) is 3.11. The molecule has 6 heteroatoms. The lowest BCUT2D eigenvalue weighted by atomic mass is 9.89. The number of methoxy groups -OCH3 is 1. The minimum atomic E-state index is -0.144. The highest BCUT2D eigenvalue weighted by molar-refractivity contribution is 5.94. The second-order valence-corrected chi connectivity index (χ2v) is 7.07. The summed E-state index contributed by atoms with van der Waals surface area (Å²) >= 11 is 0. The first kappa shape index (κ1) is 18.1. The zero-order valence-corrected chi connectivity index (χ0v) is 16.2. The molecule has 0 aliphatic carbocycles. The number of benzene rings is 2. The molecule has 3 aromatic rings. The molecule has 0 spiro atoms. The molecular weight excluding hydrogens is 354 g/mol. The van der Waals surface area contributed by atoms with Gasteiger partial charge in [0.2, 0.25) is 5.91 Å². The summed E-state index contributed by atoms with van der Waals surface area (Å²) in [4.78, 5) is 17.1. The quantitative estimate of drug-likeness (QED) is 0.726. The Morgan fingerprint density at radius 1 is 1.14 bits per heavy atom. The molecule has 144 valence electrons. The Kier molecular flexibility index (Phi) is 4.77. The molecule has 0 fully saturated rings. The van der Waals surface area contributed by atoms with Gasteiger partial charge in [-0.1, -0.05) is 24.3 Å². The second kappa shape index (κ2) is 7.38. The number of para-hydroxylation sites is 1. The van der Waals surface area contributed by atoms with Crippen molar-refractivity contribution in [3.63, 3.8) is 0 Å². The van der Waals surface area contributed by atoms with E-state index >= 15 is 0 Å². The first-order valence-electron chi connectivity index (χ1n) is 9.34. The molecule has 0 saturated heterocycles. The van der Waals surface area contributed by atoms with Crippen LogP contribution in [0, 0.1) is 0 Å². The number of carbonyl (C=O) groups excluding carboxylic acids is 1. The number of amides is 1. The van der Waals surface area contributed by atoms with Gasteiger partial charge >= 0.3 is 0 Å². The zero-order valence-electron chi connectivity index (χ0n) is 16.2. The third kappa shape index (κ3) is 3.33. The molecule has 2 heterocycles. The number of nitrogens with zero attached hydrogens (tertiary/aromatic N) is 2. The Morgan fingerprint density at radius 2 is 1.93 bits per heavy atom. The first-order chi connectivity index (χ1) is 13.6. The number of rotatable bonds is 5. The standard InChI is InChI=1S/C22H23N3O3/c1-14(2)28-19-11-15(9-10-18(19)27-3)17-12-20(26)24-22-21(17)23-13-25(22)16-7-5-4-6-8-16/h4-11,13-14,17H,12H2,1-3H3,(H,24,26)/t17-/m0/s1. The van der Waals surface area contributed by atoms with Gasteiger partial charge in [-0.15, -0.1) is 0 Å². The Morgan fingerprint density at radius 3 is 2.64 bits per heavy atom. The van der Waals surface area contributed by atoms with E-state index in [0.29, 0.717) is 17.9 Å². The highest BCUT2D eigenvalue weighted by Crippen LogP contribution is 2.40. The number of imidazole rings is 1. The van der Waals surface area contributed by atoms with Crippen LogP contribution in [-0.2, 0) is 4.79 Å². The molecular formula is C22H23N3O3. The Hall–Kier alpha value is -3.28. The van der Waals surface area contributed by atoms with E-state index in [-0.39, 0.29) is 17.9 Å². The number of hydrogen-bond donors (Lipinski definition) is 1. The van der Waals surface area contributed by atoms with Gasteiger partial charge in [-0.25, -0.2) is 4.98 Å². The van der Waals surface area contributed by atoms with Crippen LogP contribution >= 0.6 is 0 Å². The molecule has 4 rings (SSSR count). The van der Waals surface area contributed by atoms with Gasteiger partial charge < -0.3 is 14.8 Å². The van der Waals surface area contributed by atoms with Crippen molar-refractivity contribution in [1.82, 2.24) is 9.55 Å². The maximum Gasteiger partial charge on any atom is 0.226 e. The summed E-state index contributed by atoms with van der Waals surface area (Å²) < 4.78 is 13.2. The maximum absolute atomic E-state index is 12.5. The van der Waals surface area contributed by atoms with Gasteiger partial charge in [0, 0.05) is 18.0 Å². The van der Waals surface area contributed by atoms with Gasteiger partial charge in [0.05, 0.1) is 18.9 Å². The summed E-state index contributed by atoms with van der Waals surface area (Å²) in [5, 5.41) is 2.98. The molecule has 0 unspecified atom stereocenters. The van der Waals surface area contributed by atoms with Crippen LogP contribution in [0.5, 0.6) is 11.5 Å². The van der Waals surface area contributed by atoms with Crippen LogP contribution in [0.25, 0.3) is 5.69 Å². The zero-order chi connectivity index (χ0) is 19.7. The van der Waals surface area contributed by atoms with E-state index in [1.165, 1.54) is 0 Å². The Bertz CT molecular complexity index is 996. The summed E-state index contributed by atoms with van der Waals surface area (Å²) in [5.41, 5.74) is 2.78. The second-order valence-electron chi connectivity index (χ2n) is 7.07. The topological polar surface area (TPSA) is 65.4 Å². The molecule has 28 heavy (non-hydrogen) atoms. The number of aromatic nitrogens is 2. The molecule has 1 aliphatic rings. The van der Waals surface area contributed by atoms with Crippen molar-refractivity contribution in [2.45, 2.75) is 32.3 Å². The number of anilines is 1. The Balaban J connectivity index is 1.77. The first-order valence-corrected chi connectivity index (χ1v) is 9.34.